The Bertz CT molecular complexity index is 613. The summed E-state index contributed by atoms with van der Waals surface area (Å²) in [6.07, 6.45) is 1.69. The minimum Gasteiger partial charge on any atom is -0.330 e. The number of hydrogen-bond donors (Lipinski definition) is 1. The molecule has 2 unspecified atom stereocenters. The van der Waals surface area contributed by atoms with Gasteiger partial charge >= 0.3 is 0 Å². The van der Waals surface area contributed by atoms with Gasteiger partial charge in [-0.2, -0.15) is 4.31 Å². The van der Waals surface area contributed by atoms with Crippen LogP contribution in [0.2, 0.25) is 15.1 Å². The second-order valence-corrected chi connectivity index (χ2v) is 8.38. The molecule has 2 rings (SSSR count). The van der Waals surface area contributed by atoms with E-state index in [4.69, 9.17) is 40.5 Å². The van der Waals surface area contributed by atoms with Gasteiger partial charge in [0.05, 0.1) is 10.0 Å². The van der Waals surface area contributed by atoms with Crippen LogP contribution in [-0.4, -0.2) is 31.9 Å². The SMILES string of the molecule is CC1CCC(CN)CN1S(=O)(=O)c1c(Cl)cc(Cl)cc1Cl. The minimum atomic E-state index is -3.78. The quantitative estimate of drug-likeness (QED) is 0.885. The molecule has 2 atom stereocenters. The van der Waals surface area contributed by atoms with Crippen molar-refractivity contribution in [1.29, 1.82) is 0 Å². The van der Waals surface area contributed by atoms with Gasteiger partial charge in [-0.05, 0) is 44.4 Å². The van der Waals surface area contributed by atoms with Gasteiger partial charge in [-0.15, -0.1) is 0 Å². The van der Waals surface area contributed by atoms with Gasteiger partial charge < -0.3 is 5.73 Å². The van der Waals surface area contributed by atoms with Crippen molar-refractivity contribution in [3.8, 4) is 0 Å². The van der Waals surface area contributed by atoms with Crippen LogP contribution < -0.4 is 5.73 Å². The van der Waals surface area contributed by atoms with Gasteiger partial charge in [-0.1, -0.05) is 34.8 Å². The summed E-state index contributed by atoms with van der Waals surface area (Å²) in [5.74, 6) is 0.154. The third-order valence-electron chi connectivity index (χ3n) is 3.79. The van der Waals surface area contributed by atoms with Crippen molar-refractivity contribution in [1.82, 2.24) is 4.31 Å². The first-order valence-corrected chi connectivity index (χ1v) is 9.21. The fourth-order valence-electron chi connectivity index (χ4n) is 2.57. The molecule has 0 amide bonds. The van der Waals surface area contributed by atoms with E-state index < -0.39 is 10.0 Å². The number of rotatable bonds is 3. The molecule has 0 aliphatic carbocycles. The van der Waals surface area contributed by atoms with E-state index in [-0.39, 0.29) is 26.9 Å². The smallest absolute Gasteiger partial charge is 0.246 e. The van der Waals surface area contributed by atoms with Crippen molar-refractivity contribution < 1.29 is 8.42 Å². The van der Waals surface area contributed by atoms with E-state index in [0.717, 1.165) is 12.8 Å². The highest BCUT2D eigenvalue weighted by Crippen LogP contribution is 2.37. The van der Waals surface area contributed by atoms with Crippen molar-refractivity contribution in [2.24, 2.45) is 11.7 Å². The average Bonchev–Trinajstić information content (AvgIpc) is 2.37. The number of hydrogen-bond acceptors (Lipinski definition) is 3. The molecular formula is C13H17Cl3N2O2S. The molecule has 1 fully saturated rings. The standard InChI is InChI=1S/C13H17Cl3N2O2S/c1-8-2-3-9(6-17)7-18(8)21(19,20)13-11(15)4-10(14)5-12(13)16/h4-5,8-9H,2-3,6-7,17H2,1H3. The monoisotopic (exact) mass is 370 g/mol. The third kappa shape index (κ3) is 3.49. The highest BCUT2D eigenvalue weighted by Gasteiger charge is 2.36. The molecule has 2 N–H and O–H groups in total. The van der Waals surface area contributed by atoms with Gasteiger partial charge in [0.1, 0.15) is 4.90 Å². The molecule has 0 bridgehead atoms. The number of halogens is 3. The predicted octanol–water partition coefficient (Wildman–Crippen LogP) is 3.39. The van der Waals surface area contributed by atoms with Crippen molar-refractivity contribution in [2.45, 2.75) is 30.7 Å². The molecule has 1 aliphatic rings. The fraction of sp³-hybridized carbons (Fsp3) is 0.538. The summed E-state index contributed by atoms with van der Waals surface area (Å²) < 4.78 is 27.2. The van der Waals surface area contributed by atoms with E-state index >= 15 is 0 Å². The second kappa shape index (κ2) is 6.60. The van der Waals surface area contributed by atoms with Crippen molar-refractivity contribution in [2.75, 3.05) is 13.1 Å². The molecule has 0 radical (unpaired) electrons. The number of piperidine rings is 1. The Hall–Kier alpha value is -0.0400. The van der Waals surface area contributed by atoms with E-state index in [0.29, 0.717) is 18.1 Å². The molecule has 21 heavy (non-hydrogen) atoms. The maximum atomic E-state index is 12.9. The van der Waals surface area contributed by atoms with Gasteiger partial charge in [-0.3, -0.25) is 0 Å². The number of sulfonamides is 1. The van der Waals surface area contributed by atoms with Crippen molar-refractivity contribution in [3.05, 3.63) is 27.2 Å². The lowest BCUT2D eigenvalue weighted by atomic mass is 9.96. The molecule has 1 aliphatic heterocycles. The zero-order valence-corrected chi connectivity index (χ0v) is 14.6. The number of benzene rings is 1. The Morgan fingerprint density at radius 2 is 1.81 bits per heavy atom. The van der Waals surface area contributed by atoms with Crippen LogP contribution >= 0.6 is 34.8 Å². The van der Waals surface area contributed by atoms with E-state index in [2.05, 4.69) is 0 Å². The summed E-state index contributed by atoms with van der Waals surface area (Å²) in [6, 6.07) is 2.66. The summed E-state index contributed by atoms with van der Waals surface area (Å²) in [7, 11) is -3.78. The Morgan fingerprint density at radius 3 is 2.33 bits per heavy atom. The summed E-state index contributed by atoms with van der Waals surface area (Å²) in [4.78, 5) is -0.0836. The fourth-order valence-corrected chi connectivity index (χ4v) is 5.80. The molecule has 1 heterocycles. The molecule has 1 aromatic carbocycles. The Kier molecular flexibility index (Phi) is 5.45. The topological polar surface area (TPSA) is 63.4 Å². The third-order valence-corrected chi connectivity index (χ3v) is 6.91. The van der Waals surface area contributed by atoms with Crippen LogP contribution in [0.1, 0.15) is 19.8 Å². The molecule has 0 spiro atoms. The molecule has 4 nitrogen and oxygen atoms in total. The van der Waals surface area contributed by atoms with Crippen molar-refractivity contribution >= 4 is 44.8 Å². The average molecular weight is 372 g/mol. The summed E-state index contributed by atoms with van der Waals surface area (Å²) >= 11 is 18.0. The predicted molar refractivity (Wildman–Crippen MR) is 86.6 cm³/mol. The largest absolute Gasteiger partial charge is 0.330 e. The zero-order chi connectivity index (χ0) is 15.8. The normalized spacial score (nSPS) is 24.2. The van der Waals surface area contributed by atoms with Crippen LogP contribution in [-0.2, 0) is 10.0 Å². The van der Waals surface area contributed by atoms with Crippen LogP contribution in [0, 0.1) is 5.92 Å². The second-order valence-electron chi connectivity index (χ2n) is 5.30. The van der Waals surface area contributed by atoms with Crippen LogP contribution in [0.5, 0.6) is 0 Å². The summed E-state index contributed by atoms with van der Waals surface area (Å²) in [6.45, 7) is 2.72. The lowest BCUT2D eigenvalue weighted by molar-refractivity contribution is 0.211. The molecule has 0 saturated carbocycles. The number of nitrogens with two attached hydrogens (primary N) is 1. The van der Waals surface area contributed by atoms with E-state index in [1.165, 1.54) is 16.4 Å². The van der Waals surface area contributed by atoms with Gasteiger partial charge in [0, 0.05) is 17.6 Å². The first kappa shape index (κ1) is 17.3. The Balaban J connectivity index is 2.46. The van der Waals surface area contributed by atoms with E-state index in [1.54, 1.807) is 0 Å². The van der Waals surface area contributed by atoms with E-state index in [9.17, 15) is 8.42 Å². The van der Waals surface area contributed by atoms with E-state index in [1.807, 2.05) is 6.92 Å². The van der Waals surface area contributed by atoms with Crippen LogP contribution in [0.4, 0.5) is 0 Å². The lowest BCUT2D eigenvalue weighted by Gasteiger charge is -2.36. The molecule has 1 saturated heterocycles. The van der Waals surface area contributed by atoms with Crippen LogP contribution in [0.15, 0.2) is 17.0 Å². The Labute approximate surface area is 140 Å². The van der Waals surface area contributed by atoms with Gasteiger partial charge in [0.2, 0.25) is 10.0 Å². The first-order valence-electron chi connectivity index (χ1n) is 6.63. The Morgan fingerprint density at radius 1 is 1.24 bits per heavy atom. The summed E-state index contributed by atoms with van der Waals surface area (Å²) in [5, 5.41) is 0.375. The van der Waals surface area contributed by atoms with Crippen LogP contribution in [0.3, 0.4) is 0 Å². The highest BCUT2D eigenvalue weighted by molar-refractivity contribution is 7.89. The lowest BCUT2D eigenvalue weighted by Crippen LogP contribution is -2.47. The molecular weight excluding hydrogens is 355 g/mol. The molecule has 0 aromatic heterocycles. The maximum Gasteiger partial charge on any atom is 0.246 e. The summed E-state index contributed by atoms with van der Waals surface area (Å²) in [5.41, 5.74) is 5.68. The minimum absolute atomic E-state index is 0.0366. The molecule has 8 heteroatoms. The molecule has 1 aromatic rings. The first-order chi connectivity index (χ1) is 9.77. The van der Waals surface area contributed by atoms with Gasteiger partial charge in [0.25, 0.3) is 0 Å². The van der Waals surface area contributed by atoms with Crippen molar-refractivity contribution in [3.63, 3.8) is 0 Å². The van der Waals surface area contributed by atoms with Gasteiger partial charge in [0.15, 0.2) is 0 Å². The zero-order valence-electron chi connectivity index (χ0n) is 11.5. The van der Waals surface area contributed by atoms with Crippen LogP contribution in [0.25, 0.3) is 0 Å². The van der Waals surface area contributed by atoms with Gasteiger partial charge in [-0.25, -0.2) is 8.42 Å². The maximum absolute atomic E-state index is 12.9. The number of nitrogens with zero attached hydrogens (tertiary/aromatic N) is 1. The molecule has 118 valence electrons. The highest BCUT2D eigenvalue weighted by atomic mass is 35.5.